The normalized spacial score (nSPS) is 11.8. The third-order valence-corrected chi connectivity index (χ3v) is 3.95. The van der Waals surface area contributed by atoms with E-state index in [2.05, 4.69) is 23.3 Å². The first kappa shape index (κ1) is 13.4. The van der Waals surface area contributed by atoms with Crippen LogP contribution in [-0.2, 0) is 6.42 Å². The molecule has 2 aromatic rings. The number of nitrogens with zero attached hydrogens (tertiary/aromatic N) is 2. The molecule has 0 radical (unpaired) electrons. The van der Waals surface area contributed by atoms with Crippen LogP contribution in [0.2, 0.25) is 0 Å². The average molecular weight is 272 g/mol. The summed E-state index contributed by atoms with van der Waals surface area (Å²) in [5.74, 6) is 0. The van der Waals surface area contributed by atoms with Crippen LogP contribution in [0.15, 0.2) is 23.6 Å². The fourth-order valence-electron chi connectivity index (χ4n) is 1.82. The zero-order valence-corrected chi connectivity index (χ0v) is 11.8. The first-order valence-corrected chi connectivity index (χ1v) is 6.92. The summed E-state index contributed by atoms with van der Waals surface area (Å²) in [6.07, 6.45) is 0.325. The van der Waals surface area contributed by atoms with E-state index in [4.69, 9.17) is 11.0 Å². The van der Waals surface area contributed by atoms with E-state index >= 15 is 0 Å². The maximum absolute atomic E-state index is 8.76. The smallest absolute Gasteiger partial charge is 0.115 e. The lowest BCUT2D eigenvalue weighted by atomic mass is 10.1. The fraction of sp³-hybridized carbons (Fsp3) is 0.286. The largest absolute Gasteiger partial charge is 0.398 e. The van der Waals surface area contributed by atoms with Crippen LogP contribution in [0.25, 0.3) is 0 Å². The van der Waals surface area contributed by atoms with Gasteiger partial charge < -0.3 is 11.1 Å². The summed E-state index contributed by atoms with van der Waals surface area (Å²) in [5.41, 5.74) is 9.34. The number of aryl methyl sites for hydroxylation is 1. The predicted octanol–water partition coefficient (Wildman–Crippen LogP) is 3.27. The van der Waals surface area contributed by atoms with Crippen molar-refractivity contribution in [2.75, 3.05) is 11.1 Å². The molecule has 0 aliphatic carbocycles. The van der Waals surface area contributed by atoms with Gasteiger partial charge in [0.1, 0.15) is 5.01 Å². The molecule has 0 fully saturated rings. The Hall–Kier alpha value is -2.06. The molecule has 5 heteroatoms. The molecule has 1 unspecified atom stereocenters. The second-order valence-electron chi connectivity index (χ2n) is 4.44. The average Bonchev–Trinajstić information content (AvgIpc) is 2.80. The molecule has 1 aromatic heterocycles. The SMILES string of the molecule is Cc1csc(C(C)Nc2ccc(N)c(CC#N)c2)n1. The summed E-state index contributed by atoms with van der Waals surface area (Å²) in [6.45, 7) is 4.06. The lowest BCUT2D eigenvalue weighted by Gasteiger charge is -2.14. The number of anilines is 2. The Labute approximate surface area is 116 Å². The zero-order chi connectivity index (χ0) is 13.8. The fourth-order valence-corrected chi connectivity index (χ4v) is 2.62. The lowest BCUT2D eigenvalue weighted by molar-refractivity contribution is 0.863. The van der Waals surface area contributed by atoms with Gasteiger partial charge in [0.25, 0.3) is 0 Å². The summed E-state index contributed by atoms with van der Waals surface area (Å²) in [5, 5.41) is 15.2. The first-order chi connectivity index (χ1) is 9.10. The molecule has 98 valence electrons. The minimum atomic E-state index is 0.136. The predicted molar refractivity (Wildman–Crippen MR) is 79.1 cm³/mol. The van der Waals surface area contributed by atoms with Gasteiger partial charge in [-0.2, -0.15) is 5.26 Å². The summed E-state index contributed by atoms with van der Waals surface area (Å²) in [7, 11) is 0. The van der Waals surface area contributed by atoms with E-state index in [1.54, 1.807) is 11.3 Å². The highest BCUT2D eigenvalue weighted by molar-refractivity contribution is 7.09. The van der Waals surface area contributed by atoms with Crippen LogP contribution in [0.3, 0.4) is 0 Å². The van der Waals surface area contributed by atoms with Crippen LogP contribution in [-0.4, -0.2) is 4.98 Å². The molecular formula is C14H16N4S. The van der Waals surface area contributed by atoms with Gasteiger partial charge in [-0.1, -0.05) is 0 Å². The van der Waals surface area contributed by atoms with E-state index in [9.17, 15) is 0 Å². The molecule has 0 amide bonds. The highest BCUT2D eigenvalue weighted by Gasteiger charge is 2.10. The van der Waals surface area contributed by atoms with Gasteiger partial charge in [-0.15, -0.1) is 11.3 Å². The molecule has 19 heavy (non-hydrogen) atoms. The summed E-state index contributed by atoms with van der Waals surface area (Å²) < 4.78 is 0. The molecule has 0 spiro atoms. The van der Waals surface area contributed by atoms with Crippen LogP contribution in [0.1, 0.15) is 29.2 Å². The molecule has 0 aliphatic heterocycles. The Morgan fingerprint density at radius 3 is 2.95 bits per heavy atom. The summed E-state index contributed by atoms with van der Waals surface area (Å²) >= 11 is 1.64. The molecule has 3 N–H and O–H groups in total. The molecule has 0 saturated carbocycles. The van der Waals surface area contributed by atoms with E-state index in [1.165, 1.54) is 0 Å². The second kappa shape index (κ2) is 5.72. The Bertz CT molecular complexity index is 612. The maximum atomic E-state index is 8.76. The zero-order valence-electron chi connectivity index (χ0n) is 11.0. The van der Waals surface area contributed by atoms with Gasteiger partial charge in [0.2, 0.25) is 0 Å². The van der Waals surface area contributed by atoms with E-state index in [0.29, 0.717) is 12.1 Å². The Kier molecular flexibility index (Phi) is 4.03. The standard InChI is InChI=1S/C14H16N4S/c1-9-8-19-14(17-9)10(2)18-12-3-4-13(16)11(7-12)5-6-15/h3-4,7-8,10,18H,5,16H2,1-2H3. The van der Waals surface area contributed by atoms with Crippen LogP contribution in [0, 0.1) is 18.3 Å². The van der Waals surface area contributed by atoms with Gasteiger partial charge in [-0.25, -0.2) is 4.98 Å². The molecular weight excluding hydrogens is 256 g/mol. The molecule has 0 bridgehead atoms. The van der Waals surface area contributed by atoms with Gasteiger partial charge >= 0.3 is 0 Å². The highest BCUT2D eigenvalue weighted by Crippen LogP contribution is 2.24. The van der Waals surface area contributed by atoms with Gasteiger partial charge in [-0.05, 0) is 37.6 Å². The number of hydrogen-bond donors (Lipinski definition) is 2. The van der Waals surface area contributed by atoms with Crippen molar-refractivity contribution < 1.29 is 0 Å². The minimum Gasteiger partial charge on any atom is -0.398 e. The number of nitrogen functional groups attached to an aromatic ring is 1. The van der Waals surface area contributed by atoms with Crippen molar-refractivity contribution in [1.82, 2.24) is 4.98 Å². The minimum absolute atomic E-state index is 0.136. The monoisotopic (exact) mass is 272 g/mol. The molecule has 2 rings (SSSR count). The van der Waals surface area contributed by atoms with E-state index < -0.39 is 0 Å². The maximum Gasteiger partial charge on any atom is 0.115 e. The van der Waals surface area contributed by atoms with Gasteiger partial charge in [-0.3, -0.25) is 0 Å². The molecule has 1 heterocycles. The number of benzene rings is 1. The lowest BCUT2D eigenvalue weighted by Crippen LogP contribution is -2.07. The Morgan fingerprint density at radius 2 is 2.32 bits per heavy atom. The van der Waals surface area contributed by atoms with Crippen molar-refractivity contribution in [3.05, 3.63) is 39.8 Å². The first-order valence-electron chi connectivity index (χ1n) is 6.04. The highest BCUT2D eigenvalue weighted by atomic mass is 32.1. The van der Waals surface area contributed by atoms with Crippen LogP contribution in [0.5, 0.6) is 0 Å². The van der Waals surface area contributed by atoms with Crippen LogP contribution >= 0.6 is 11.3 Å². The van der Waals surface area contributed by atoms with Crippen molar-refractivity contribution in [2.24, 2.45) is 0 Å². The molecule has 0 aliphatic rings. The Balaban J connectivity index is 2.15. The van der Waals surface area contributed by atoms with Crippen molar-refractivity contribution in [1.29, 1.82) is 5.26 Å². The molecule has 1 aromatic carbocycles. The van der Waals surface area contributed by atoms with Crippen LogP contribution in [0.4, 0.5) is 11.4 Å². The van der Waals surface area contributed by atoms with Gasteiger partial charge in [0.15, 0.2) is 0 Å². The van der Waals surface area contributed by atoms with E-state index in [-0.39, 0.29) is 6.04 Å². The van der Waals surface area contributed by atoms with E-state index in [1.807, 2.05) is 30.5 Å². The van der Waals surface area contributed by atoms with Crippen molar-refractivity contribution in [3.63, 3.8) is 0 Å². The number of nitrogens with one attached hydrogen (secondary N) is 1. The van der Waals surface area contributed by atoms with Crippen molar-refractivity contribution >= 4 is 22.7 Å². The summed E-state index contributed by atoms with van der Waals surface area (Å²) in [4.78, 5) is 4.46. The third-order valence-electron chi connectivity index (χ3n) is 2.80. The number of hydrogen-bond acceptors (Lipinski definition) is 5. The molecule has 4 nitrogen and oxygen atoms in total. The number of nitriles is 1. The van der Waals surface area contributed by atoms with Crippen molar-refractivity contribution in [2.45, 2.75) is 26.3 Å². The van der Waals surface area contributed by atoms with Gasteiger partial charge in [0.05, 0.1) is 18.5 Å². The molecule has 0 saturated heterocycles. The van der Waals surface area contributed by atoms with E-state index in [0.717, 1.165) is 22.0 Å². The second-order valence-corrected chi connectivity index (χ2v) is 5.33. The number of rotatable bonds is 4. The number of aromatic nitrogens is 1. The van der Waals surface area contributed by atoms with Crippen molar-refractivity contribution in [3.8, 4) is 6.07 Å². The Morgan fingerprint density at radius 1 is 1.53 bits per heavy atom. The summed E-state index contributed by atoms with van der Waals surface area (Å²) in [6, 6.07) is 7.94. The van der Waals surface area contributed by atoms with Crippen LogP contribution < -0.4 is 11.1 Å². The number of thiazole rings is 1. The topological polar surface area (TPSA) is 74.7 Å². The number of nitrogens with two attached hydrogens (primary N) is 1. The molecule has 1 atom stereocenters. The quantitative estimate of drug-likeness (QED) is 0.838. The van der Waals surface area contributed by atoms with Gasteiger partial charge in [0, 0.05) is 22.4 Å². The third kappa shape index (κ3) is 3.24.